The molecule has 0 radical (unpaired) electrons. The van der Waals surface area contributed by atoms with Gasteiger partial charge in [0.25, 0.3) is 0 Å². The fourth-order valence-electron chi connectivity index (χ4n) is 2.25. The number of halogens is 1. The molecule has 1 fully saturated rings. The lowest BCUT2D eigenvalue weighted by Gasteiger charge is -2.25. The van der Waals surface area contributed by atoms with Crippen molar-refractivity contribution in [2.45, 2.75) is 25.4 Å². The third-order valence-electron chi connectivity index (χ3n) is 3.42. The maximum Gasteiger partial charge on any atom is 0.335 e. The summed E-state index contributed by atoms with van der Waals surface area (Å²) < 4.78 is 0. The highest BCUT2D eigenvalue weighted by atomic mass is 35.5. The number of carboxylic acids is 1. The van der Waals surface area contributed by atoms with Crippen LogP contribution in [0.2, 0.25) is 5.02 Å². The highest BCUT2D eigenvalue weighted by Crippen LogP contribution is 2.37. The summed E-state index contributed by atoms with van der Waals surface area (Å²) in [5.74, 6) is -0.950. The zero-order chi connectivity index (χ0) is 14.1. The van der Waals surface area contributed by atoms with E-state index in [0.717, 1.165) is 12.2 Å². The summed E-state index contributed by atoms with van der Waals surface area (Å²) in [5, 5.41) is 13.7. The van der Waals surface area contributed by atoms with Gasteiger partial charge in [-0.25, -0.2) is 4.79 Å². The minimum absolute atomic E-state index is 0.227. The molecule has 1 aliphatic rings. The molecule has 104 valence electrons. The Morgan fingerprint density at radius 1 is 1.40 bits per heavy atom. The molecule has 0 spiro atoms. The molecular formula is C15H14ClNO2S. The average molecular weight is 308 g/mol. The summed E-state index contributed by atoms with van der Waals surface area (Å²) >= 11 is 7.96. The molecule has 1 aliphatic carbocycles. The van der Waals surface area contributed by atoms with Crippen LogP contribution in [0.1, 0.15) is 28.8 Å². The molecule has 1 saturated carbocycles. The lowest BCUT2D eigenvalue weighted by atomic mass is 10.1. The summed E-state index contributed by atoms with van der Waals surface area (Å²) in [6, 6.07) is 7.59. The minimum Gasteiger partial charge on any atom is -0.478 e. The third kappa shape index (κ3) is 2.81. The fourth-order valence-corrected chi connectivity index (χ4v) is 3.20. The Morgan fingerprint density at radius 3 is 2.75 bits per heavy atom. The number of carboxylic acid groups (broad SMARTS) is 1. The van der Waals surface area contributed by atoms with Crippen LogP contribution in [0, 0.1) is 0 Å². The first-order valence-electron chi connectivity index (χ1n) is 6.45. The fraction of sp³-hybridized carbons (Fsp3) is 0.267. The van der Waals surface area contributed by atoms with E-state index in [1.165, 1.54) is 24.5 Å². The molecule has 3 nitrogen and oxygen atoms in total. The third-order valence-corrected chi connectivity index (χ3v) is 4.46. The summed E-state index contributed by atoms with van der Waals surface area (Å²) in [6.07, 6.45) is 2.34. The highest BCUT2D eigenvalue weighted by molar-refractivity contribution is 7.07. The normalized spacial score (nSPS) is 14.2. The van der Waals surface area contributed by atoms with Gasteiger partial charge in [0.05, 0.1) is 16.3 Å². The lowest BCUT2D eigenvalue weighted by Crippen LogP contribution is -2.25. The van der Waals surface area contributed by atoms with E-state index in [1.54, 1.807) is 17.4 Å². The van der Waals surface area contributed by atoms with Crippen molar-refractivity contribution in [3.05, 3.63) is 51.2 Å². The molecular weight excluding hydrogens is 294 g/mol. The molecule has 20 heavy (non-hydrogen) atoms. The van der Waals surface area contributed by atoms with Crippen molar-refractivity contribution < 1.29 is 9.90 Å². The van der Waals surface area contributed by atoms with E-state index in [9.17, 15) is 4.79 Å². The molecule has 0 atom stereocenters. The number of carbonyl (C=O) groups is 1. The summed E-state index contributed by atoms with van der Waals surface area (Å²) in [7, 11) is 0. The van der Waals surface area contributed by atoms with Gasteiger partial charge in [0.15, 0.2) is 0 Å². The van der Waals surface area contributed by atoms with E-state index < -0.39 is 5.97 Å². The van der Waals surface area contributed by atoms with Crippen LogP contribution in [0.3, 0.4) is 0 Å². The van der Waals surface area contributed by atoms with Crippen molar-refractivity contribution in [3.8, 4) is 0 Å². The predicted molar refractivity (Wildman–Crippen MR) is 81.9 cm³/mol. The quantitative estimate of drug-likeness (QED) is 0.897. The first-order valence-corrected chi connectivity index (χ1v) is 7.78. The zero-order valence-electron chi connectivity index (χ0n) is 10.8. The van der Waals surface area contributed by atoms with E-state index in [1.807, 2.05) is 6.07 Å². The number of hydrogen-bond acceptors (Lipinski definition) is 3. The van der Waals surface area contributed by atoms with Crippen molar-refractivity contribution in [3.63, 3.8) is 0 Å². The number of anilines is 1. The van der Waals surface area contributed by atoms with Crippen LogP contribution >= 0.6 is 22.9 Å². The van der Waals surface area contributed by atoms with E-state index in [0.29, 0.717) is 11.1 Å². The minimum atomic E-state index is -0.950. The second-order valence-electron chi connectivity index (χ2n) is 4.96. The monoisotopic (exact) mass is 307 g/mol. The van der Waals surface area contributed by atoms with Crippen molar-refractivity contribution in [1.29, 1.82) is 0 Å². The largest absolute Gasteiger partial charge is 0.478 e. The Bertz CT molecular complexity index is 623. The SMILES string of the molecule is O=C(O)c1ccc(N(Cc2ccsc2)C2CC2)c(Cl)c1. The molecule has 0 saturated heterocycles. The average Bonchev–Trinajstić information content (AvgIpc) is 3.14. The van der Waals surface area contributed by atoms with Gasteiger partial charge in [0.2, 0.25) is 0 Å². The second kappa shape index (κ2) is 5.46. The van der Waals surface area contributed by atoms with Gasteiger partial charge in [-0.1, -0.05) is 11.6 Å². The van der Waals surface area contributed by atoms with Crippen LogP contribution in [-0.4, -0.2) is 17.1 Å². The topological polar surface area (TPSA) is 40.5 Å². The molecule has 3 rings (SSSR count). The Kier molecular flexibility index (Phi) is 3.68. The van der Waals surface area contributed by atoms with Crippen LogP contribution in [0.4, 0.5) is 5.69 Å². The van der Waals surface area contributed by atoms with Crippen molar-refractivity contribution in [1.82, 2.24) is 0 Å². The summed E-state index contributed by atoms with van der Waals surface area (Å²) in [6.45, 7) is 0.820. The van der Waals surface area contributed by atoms with Crippen LogP contribution in [0.25, 0.3) is 0 Å². The molecule has 1 aromatic heterocycles. The van der Waals surface area contributed by atoms with Crippen LogP contribution in [0.15, 0.2) is 35.0 Å². The first-order chi connectivity index (χ1) is 9.65. The highest BCUT2D eigenvalue weighted by Gasteiger charge is 2.30. The van der Waals surface area contributed by atoms with Gasteiger partial charge in [-0.3, -0.25) is 0 Å². The Hall–Kier alpha value is -1.52. The maximum atomic E-state index is 11.0. The predicted octanol–water partition coefficient (Wildman–Crippen LogP) is 4.27. The molecule has 0 bridgehead atoms. The van der Waals surface area contributed by atoms with Gasteiger partial charge in [-0.15, -0.1) is 0 Å². The number of aromatic carboxylic acids is 1. The number of thiophene rings is 1. The van der Waals surface area contributed by atoms with E-state index in [-0.39, 0.29) is 5.56 Å². The molecule has 5 heteroatoms. The molecule has 1 N–H and O–H groups in total. The van der Waals surface area contributed by atoms with E-state index in [4.69, 9.17) is 16.7 Å². The van der Waals surface area contributed by atoms with Crippen molar-refractivity contribution in [2.24, 2.45) is 0 Å². The van der Waals surface area contributed by atoms with Crippen molar-refractivity contribution >= 4 is 34.6 Å². The molecule has 2 aromatic rings. The van der Waals surface area contributed by atoms with Gasteiger partial charge in [-0.2, -0.15) is 11.3 Å². The van der Waals surface area contributed by atoms with Crippen molar-refractivity contribution in [2.75, 3.05) is 4.90 Å². The number of nitrogens with zero attached hydrogens (tertiary/aromatic N) is 1. The number of benzene rings is 1. The van der Waals surface area contributed by atoms with Gasteiger partial charge in [0.1, 0.15) is 0 Å². The van der Waals surface area contributed by atoms with Gasteiger partial charge in [0, 0.05) is 12.6 Å². The van der Waals surface area contributed by atoms with E-state index in [2.05, 4.69) is 21.7 Å². The Balaban J connectivity index is 1.89. The molecule has 1 aromatic carbocycles. The Labute approximate surface area is 126 Å². The first kappa shape index (κ1) is 13.5. The molecule has 0 aliphatic heterocycles. The van der Waals surface area contributed by atoms with Gasteiger partial charge in [-0.05, 0) is 53.4 Å². The van der Waals surface area contributed by atoms with Crippen LogP contribution in [0.5, 0.6) is 0 Å². The summed E-state index contributed by atoms with van der Waals surface area (Å²) in [4.78, 5) is 13.2. The van der Waals surface area contributed by atoms with Crippen LogP contribution in [-0.2, 0) is 6.54 Å². The zero-order valence-corrected chi connectivity index (χ0v) is 12.3. The lowest BCUT2D eigenvalue weighted by molar-refractivity contribution is 0.0697. The summed E-state index contributed by atoms with van der Waals surface area (Å²) in [5.41, 5.74) is 2.41. The van der Waals surface area contributed by atoms with Crippen LogP contribution < -0.4 is 4.90 Å². The Morgan fingerprint density at radius 2 is 2.20 bits per heavy atom. The van der Waals surface area contributed by atoms with Gasteiger partial charge < -0.3 is 10.0 Å². The van der Waals surface area contributed by atoms with Gasteiger partial charge >= 0.3 is 5.97 Å². The smallest absolute Gasteiger partial charge is 0.335 e. The molecule has 1 heterocycles. The maximum absolute atomic E-state index is 11.0. The number of rotatable bonds is 5. The second-order valence-corrected chi connectivity index (χ2v) is 6.15. The van der Waals surface area contributed by atoms with E-state index >= 15 is 0 Å². The standard InChI is InChI=1S/C15H14ClNO2S/c16-13-7-11(15(18)19)1-4-14(13)17(12-2-3-12)8-10-5-6-20-9-10/h1,4-7,9,12H,2-3,8H2,(H,18,19). The number of hydrogen-bond donors (Lipinski definition) is 1. The molecule has 0 amide bonds. The molecule has 0 unspecified atom stereocenters.